The molecule has 0 fully saturated rings. The van der Waals surface area contributed by atoms with Crippen LogP contribution in [0.3, 0.4) is 0 Å². The van der Waals surface area contributed by atoms with Gasteiger partial charge in [0.15, 0.2) is 0 Å². The van der Waals surface area contributed by atoms with Gasteiger partial charge in [0.1, 0.15) is 0 Å². The van der Waals surface area contributed by atoms with Crippen molar-refractivity contribution in [1.29, 1.82) is 0 Å². The summed E-state index contributed by atoms with van der Waals surface area (Å²) in [5.41, 5.74) is 0. The Balaban J connectivity index is 3.35. The Labute approximate surface area is 544 Å². The fraction of sp³-hybridized carbons (Fsp3) is 0.901. The number of ether oxygens (including phenoxy) is 1. The van der Waals surface area contributed by atoms with E-state index in [-0.39, 0.29) is 18.5 Å². The maximum atomic E-state index is 12.5. The van der Waals surface area contributed by atoms with Crippen LogP contribution in [0.25, 0.3) is 0 Å². The van der Waals surface area contributed by atoms with Crippen LogP contribution in [0.15, 0.2) is 36.5 Å². The molecule has 87 heavy (non-hydrogen) atoms. The Kier molecular flexibility index (Phi) is 74.8. The number of carbonyl (C=O) groups is 2. The monoisotopic (exact) mass is 1220 g/mol. The van der Waals surface area contributed by atoms with Gasteiger partial charge >= 0.3 is 5.97 Å². The zero-order chi connectivity index (χ0) is 62.8. The third-order valence-electron chi connectivity index (χ3n) is 18.7. The van der Waals surface area contributed by atoms with Gasteiger partial charge in [-0.15, -0.1) is 0 Å². The number of amides is 1. The number of esters is 1. The number of rotatable bonds is 75. The summed E-state index contributed by atoms with van der Waals surface area (Å²) in [6, 6.07) is -0.625. The van der Waals surface area contributed by atoms with Crippen molar-refractivity contribution in [3.05, 3.63) is 36.5 Å². The molecule has 0 radical (unpaired) electrons. The van der Waals surface area contributed by atoms with Crippen LogP contribution in [-0.2, 0) is 14.3 Å². The second-order valence-electron chi connectivity index (χ2n) is 27.4. The van der Waals surface area contributed by atoms with Crippen molar-refractivity contribution in [1.82, 2.24) is 5.32 Å². The molecule has 0 aromatic carbocycles. The molecule has 1 amide bonds. The Bertz CT molecular complexity index is 1410. The number of aliphatic hydroxyl groups excluding tert-OH is 2. The summed E-state index contributed by atoms with van der Waals surface area (Å²) in [4.78, 5) is 24.6. The van der Waals surface area contributed by atoms with Gasteiger partial charge in [-0.25, -0.2) is 0 Å². The first kappa shape index (κ1) is 85.1. The van der Waals surface area contributed by atoms with Gasteiger partial charge in [0, 0.05) is 12.8 Å². The van der Waals surface area contributed by atoms with Crippen molar-refractivity contribution >= 4 is 11.9 Å². The molecule has 0 saturated heterocycles. The predicted molar refractivity (Wildman–Crippen MR) is 384 cm³/mol. The lowest BCUT2D eigenvalue weighted by Crippen LogP contribution is -2.45. The smallest absolute Gasteiger partial charge is 0.305 e. The number of unbranched alkanes of at least 4 members (excludes halogenated alkanes) is 60. The molecule has 0 aromatic rings. The van der Waals surface area contributed by atoms with Crippen molar-refractivity contribution in [3.63, 3.8) is 0 Å². The second kappa shape index (κ2) is 76.5. The first-order valence-corrected chi connectivity index (χ1v) is 39.8. The fourth-order valence-corrected chi connectivity index (χ4v) is 12.6. The van der Waals surface area contributed by atoms with Crippen molar-refractivity contribution < 1.29 is 24.5 Å². The SMILES string of the molecule is CCCCCCCCCCCCCC/C=C/C(O)C(CO)NC(=O)CCCCCCCCCCCCCCCCCCC/C=C\C/C=C\CCCCCCCCCCCCCCCOC(=O)CCCCCCCCCCCCCCCCCCCCC. The highest BCUT2D eigenvalue weighted by Gasteiger charge is 2.18. The van der Waals surface area contributed by atoms with Gasteiger partial charge < -0.3 is 20.3 Å². The van der Waals surface area contributed by atoms with Crippen LogP contribution in [0.4, 0.5) is 0 Å². The van der Waals surface area contributed by atoms with Gasteiger partial charge in [0.2, 0.25) is 5.91 Å². The number of hydrogen-bond acceptors (Lipinski definition) is 5. The van der Waals surface area contributed by atoms with Crippen LogP contribution >= 0.6 is 0 Å². The van der Waals surface area contributed by atoms with Gasteiger partial charge in [-0.1, -0.05) is 403 Å². The summed E-state index contributed by atoms with van der Waals surface area (Å²) in [5.74, 6) is -0.0389. The largest absolute Gasteiger partial charge is 0.466 e. The highest BCUT2D eigenvalue weighted by molar-refractivity contribution is 5.76. The van der Waals surface area contributed by atoms with Crippen molar-refractivity contribution in [2.24, 2.45) is 0 Å². The van der Waals surface area contributed by atoms with E-state index in [1.54, 1.807) is 6.08 Å². The molecule has 6 nitrogen and oxygen atoms in total. The molecule has 514 valence electrons. The summed E-state index contributed by atoms with van der Waals surface area (Å²) in [7, 11) is 0. The van der Waals surface area contributed by atoms with Crippen LogP contribution in [0.2, 0.25) is 0 Å². The first-order valence-electron chi connectivity index (χ1n) is 39.8. The van der Waals surface area contributed by atoms with E-state index in [0.717, 1.165) is 44.9 Å². The first-order chi connectivity index (χ1) is 43.0. The van der Waals surface area contributed by atoms with E-state index >= 15 is 0 Å². The second-order valence-corrected chi connectivity index (χ2v) is 27.4. The molecule has 3 N–H and O–H groups in total. The minimum Gasteiger partial charge on any atom is -0.466 e. The van der Waals surface area contributed by atoms with Crippen LogP contribution in [0.1, 0.15) is 444 Å². The molecule has 0 bridgehead atoms. The van der Waals surface area contributed by atoms with Crippen LogP contribution < -0.4 is 5.32 Å². The highest BCUT2D eigenvalue weighted by Crippen LogP contribution is 2.20. The Morgan fingerprint density at radius 1 is 0.322 bits per heavy atom. The lowest BCUT2D eigenvalue weighted by atomic mass is 10.0. The maximum absolute atomic E-state index is 12.5. The van der Waals surface area contributed by atoms with Gasteiger partial charge in [-0.3, -0.25) is 9.59 Å². The van der Waals surface area contributed by atoms with E-state index < -0.39 is 12.1 Å². The molecular weight excluding hydrogens is 1070 g/mol. The molecule has 0 rings (SSSR count). The standard InChI is InChI=1S/C81H155NO5/c1-3-5-7-9-11-13-15-17-19-20-40-44-47-51-55-59-63-67-71-75-81(86)87-76-72-68-64-60-56-52-48-45-42-39-37-35-33-31-29-27-25-23-21-22-24-26-28-30-32-34-36-38-41-43-46-50-54-58-62-66-70-74-80(85)82-78(77-83)79(84)73-69-65-61-57-53-49-18-16-14-12-10-8-6-4-2/h21,23,27,29,69,73,78-79,83-84H,3-20,22,24-26,28,30-68,70-72,74-77H2,1-2H3,(H,82,85)/b23-21-,29-27-,73-69+. The van der Waals surface area contributed by atoms with Crippen LogP contribution in [0, 0.1) is 0 Å². The van der Waals surface area contributed by atoms with E-state index in [0.29, 0.717) is 19.4 Å². The molecule has 0 aliphatic heterocycles. The van der Waals surface area contributed by atoms with Crippen molar-refractivity contribution in [2.75, 3.05) is 13.2 Å². The zero-order valence-electron chi connectivity index (χ0n) is 59.0. The molecule has 2 unspecified atom stereocenters. The molecule has 0 heterocycles. The maximum Gasteiger partial charge on any atom is 0.305 e. The van der Waals surface area contributed by atoms with Crippen LogP contribution in [-0.4, -0.2) is 47.4 Å². The van der Waals surface area contributed by atoms with E-state index in [9.17, 15) is 19.8 Å². The summed E-state index contributed by atoms with van der Waals surface area (Å²) in [5, 5.41) is 23.2. The number of allylic oxidation sites excluding steroid dienone is 5. The van der Waals surface area contributed by atoms with Gasteiger partial charge in [-0.2, -0.15) is 0 Å². The molecule has 6 heteroatoms. The molecule has 2 atom stereocenters. The average Bonchev–Trinajstić information content (AvgIpc) is 3.52. The van der Waals surface area contributed by atoms with E-state index in [1.807, 2.05) is 6.08 Å². The summed E-state index contributed by atoms with van der Waals surface area (Å²) in [6.45, 7) is 4.95. The summed E-state index contributed by atoms with van der Waals surface area (Å²) in [6.07, 6.45) is 99.9. The van der Waals surface area contributed by atoms with E-state index in [4.69, 9.17) is 4.74 Å². The molecule has 0 spiro atoms. The van der Waals surface area contributed by atoms with Gasteiger partial charge in [-0.05, 0) is 64.2 Å². The Hall–Kier alpha value is -1.92. The number of aliphatic hydroxyl groups is 2. The minimum absolute atomic E-state index is 0.0241. The van der Waals surface area contributed by atoms with E-state index in [1.165, 1.54) is 372 Å². The number of nitrogens with one attached hydrogen (secondary N) is 1. The Morgan fingerprint density at radius 3 is 0.874 bits per heavy atom. The lowest BCUT2D eigenvalue weighted by Gasteiger charge is -2.20. The van der Waals surface area contributed by atoms with Crippen molar-refractivity contribution in [3.8, 4) is 0 Å². The molecule has 0 aliphatic rings. The fourth-order valence-electron chi connectivity index (χ4n) is 12.6. The lowest BCUT2D eigenvalue weighted by molar-refractivity contribution is -0.143. The normalized spacial score (nSPS) is 12.6. The number of carbonyl (C=O) groups excluding carboxylic acids is 2. The molecule has 0 aromatic heterocycles. The average molecular weight is 1220 g/mol. The molecule has 0 aliphatic carbocycles. The van der Waals surface area contributed by atoms with Gasteiger partial charge in [0.05, 0.1) is 25.4 Å². The summed E-state index contributed by atoms with van der Waals surface area (Å²) < 4.78 is 5.52. The quantitative estimate of drug-likeness (QED) is 0.0320. The third-order valence-corrected chi connectivity index (χ3v) is 18.7. The topological polar surface area (TPSA) is 95.9 Å². The highest BCUT2D eigenvalue weighted by atomic mass is 16.5. The Morgan fingerprint density at radius 2 is 0.575 bits per heavy atom. The third kappa shape index (κ3) is 73.0. The number of hydrogen-bond donors (Lipinski definition) is 3. The van der Waals surface area contributed by atoms with Gasteiger partial charge in [0.25, 0.3) is 0 Å². The molecule has 0 saturated carbocycles. The predicted octanol–water partition coefficient (Wildman–Crippen LogP) is 26.2. The molecular formula is C81H155NO5. The van der Waals surface area contributed by atoms with E-state index in [2.05, 4.69) is 43.5 Å². The summed E-state index contributed by atoms with van der Waals surface area (Å²) >= 11 is 0. The van der Waals surface area contributed by atoms with Crippen molar-refractivity contribution in [2.45, 2.75) is 456 Å². The zero-order valence-corrected chi connectivity index (χ0v) is 59.0. The van der Waals surface area contributed by atoms with Crippen LogP contribution in [0.5, 0.6) is 0 Å². The minimum atomic E-state index is -0.842.